The van der Waals surface area contributed by atoms with Crippen molar-refractivity contribution in [1.29, 1.82) is 0 Å². The standard InChI is InChI=1S/C16H17FO2/c1-19-11-13-7-2-4-8-14(13)16(18)10-12-6-3-5-9-15(12)17/h2-9,16,18H,10-11H2,1H3. The first kappa shape index (κ1) is 13.7. The second-order valence-electron chi connectivity index (χ2n) is 4.44. The van der Waals surface area contributed by atoms with Crippen LogP contribution in [-0.4, -0.2) is 12.2 Å². The summed E-state index contributed by atoms with van der Waals surface area (Å²) in [5.41, 5.74) is 2.23. The van der Waals surface area contributed by atoms with Crippen LogP contribution < -0.4 is 0 Å². The molecule has 2 rings (SSSR count). The van der Waals surface area contributed by atoms with E-state index in [9.17, 15) is 9.50 Å². The Bertz CT molecular complexity index is 540. The predicted octanol–water partition coefficient (Wildman–Crippen LogP) is 3.25. The van der Waals surface area contributed by atoms with E-state index in [1.807, 2.05) is 24.3 Å². The molecule has 2 aromatic rings. The first-order chi connectivity index (χ1) is 9.22. The van der Waals surface area contributed by atoms with Crippen molar-refractivity contribution in [3.05, 3.63) is 71.0 Å². The first-order valence-electron chi connectivity index (χ1n) is 6.20. The molecule has 1 atom stereocenters. The lowest BCUT2D eigenvalue weighted by Crippen LogP contribution is -2.07. The molecule has 19 heavy (non-hydrogen) atoms. The molecule has 0 radical (unpaired) electrons. The molecule has 2 aromatic carbocycles. The summed E-state index contributed by atoms with van der Waals surface area (Å²) in [4.78, 5) is 0. The van der Waals surface area contributed by atoms with Gasteiger partial charge in [0.05, 0.1) is 12.7 Å². The molecule has 0 spiro atoms. The zero-order valence-electron chi connectivity index (χ0n) is 10.8. The maximum Gasteiger partial charge on any atom is 0.126 e. The highest BCUT2D eigenvalue weighted by Gasteiger charge is 2.14. The van der Waals surface area contributed by atoms with Gasteiger partial charge < -0.3 is 9.84 Å². The van der Waals surface area contributed by atoms with E-state index in [1.54, 1.807) is 25.3 Å². The van der Waals surface area contributed by atoms with Crippen molar-refractivity contribution in [3.63, 3.8) is 0 Å². The number of ether oxygens (including phenoxy) is 1. The predicted molar refractivity (Wildman–Crippen MR) is 72.2 cm³/mol. The highest BCUT2D eigenvalue weighted by Crippen LogP contribution is 2.23. The Hall–Kier alpha value is -1.71. The maximum atomic E-state index is 13.6. The first-order valence-corrected chi connectivity index (χ1v) is 6.20. The Morgan fingerprint density at radius 2 is 1.68 bits per heavy atom. The van der Waals surface area contributed by atoms with E-state index >= 15 is 0 Å². The molecule has 0 aliphatic rings. The number of aliphatic hydroxyl groups is 1. The molecule has 1 unspecified atom stereocenters. The topological polar surface area (TPSA) is 29.5 Å². The van der Waals surface area contributed by atoms with Gasteiger partial charge >= 0.3 is 0 Å². The summed E-state index contributed by atoms with van der Waals surface area (Å²) in [6.45, 7) is 0.435. The fourth-order valence-corrected chi connectivity index (χ4v) is 2.13. The van der Waals surface area contributed by atoms with Crippen molar-refractivity contribution in [2.75, 3.05) is 7.11 Å². The second kappa shape index (κ2) is 6.45. The molecule has 0 aliphatic heterocycles. The van der Waals surface area contributed by atoms with E-state index in [1.165, 1.54) is 6.07 Å². The zero-order valence-corrected chi connectivity index (χ0v) is 10.8. The Morgan fingerprint density at radius 3 is 2.37 bits per heavy atom. The summed E-state index contributed by atoms with van der Waals surface area (Å²) in [5, 5.41) is 10.3. The highest BCUT2D eigenvalue weighted by molar-refractivity contribution is 5.30. The molecule has 100 valence electrons. The van der Waals surface area contributed by atoms with Gasteiger partial charge in [0, 0.05) is 13.5 Å². The van der Waals surface area contributed by atoms with Crippen LogP contribution in [0.5, 0.6) is 0 Å². The Balaban J connectivity index is 2.20. The third-order valence-electron chi connectivity index (χ3n) is 3.09. The Kier molecular flexibility index (Phi) is 4.66. The van der Waals surface area contributed by atoms with Gasteiger partial charge in [-0.1, -0.05) is 42.5 Å². The van der Waals surface area contributed by atoms with E-state index in [0.29, 0.717) is 12.2 Å². The number of methoxy groups -OCH3 is 1. The van der Waals surface area contributed by atoms with Crippen LogP contribution in [0.3, 0.4) is 0 Å². The zero-order chi connectivity index (χ0) is 13.7. The molecule has 0 fully saturated rings. The van der Waals surface area contributed by atoms with Gasteiger partial charge in [-0.3, -0.25) is 0 Å². The van der Waals surface area contributed by atoms with Crippen LogP contribution in [0.1, 0.15) is 22.8 Å². The van der Waals surface area contributed by atoms with Gasteiger partial charge in [0.2, 0.25) is 0 Å². The van der Waals surface area contributed by atoms with Crippen molar-refractivity contribution in [2.24, 2.45) is 0 Å². The lowest BCUT2D eigenvalue weighted by molar-refractivity contribution is 0.161. The van der Waals surface area contributed by atoms with E-state index < -0.39 is 6.10 Å². The summed E-state index contributed by atoms with van der Waals surface area (Å²) in [7, 11) is 1.61. The van der Waals surface area contributed by atoms with Crippen molar-refractivity contribution < 1.29 is 14.2 Å². The number of rotatable bonds is 5. The molecule has 0 heterocycles. The summed E-state index contributed by atoms with van der Waals surface area (Å²) < 4.78 is 18.7. The Labute approximate surface area is 112 Å². The van der Waals surface area contributed by atoms with Gasteiger partial charge in [-0.15, -0.1) is 0 Å². The van der Waals surface area contributed by atoms with Crippen LogP contribution in [0, 0.1) is 5.82 Å². The van der Waals surface area contributed by atoms with Crippen LogP contribution in [0.4, 0.5) is 4.39 Å². The average molecular weight is 260 g/mol. The van der Waals surface area contributed by atoms with Crippen molar-refractivity contribution in [2.45, 2.75) is 19.1 Å². The minimum atomic E-state index is -0.733. The van der Waals surface area contributed by atoms with Crippen LogP contribution >= 0.6 is 0 Å². The highest BCUT2D eigenvalue weighted by atomic mass is 19.1. The Morgan fingerprint density at radius 1 is 1.05 bits per heavy atom. The molecule has 0 bridgehead atoms. The van der Waals surface area contributed by atoms with Crippen LogP contribution in [0.2, 0.25) is 0 Å². The largest absolute Gasteiger partial charge is 0.388 e. The van der Waals surface area contributed by atoms with Gasteiger partial charge in [0.1, 0.15) is 5.82 Å². The van der Waals surface area contributed by atoms with Gasteiger partial charge in [-0.2, -0.15) is 0 Å². The average Bonchev–Trinajstić information content (AvgIpc) is 2.42. The molecule has 0 saturated carbocycles. The molecular weight excluding hydrogens is 243 g/mol. The van der Waals surface area contributed by atoms with Crippen molar-refractivity contribution in [1.82, 2.24) is 0 Å². The quantitative estimate of drug-likeness (QED) is 0.894. The number of hydrogen-bond acceptors (Lipinski definition) is 2. The van der Waals surface area contributed by atoms with Crippen molar-refractivity contribution >= 4 is 0 Å². The summed E-state index contributed by atoms with van der Waals surface area (Å²) >= 11 is 0. The molecule has 0 aromatic heterocycles. The lowest BCUT2D eigenvalue weighted by Gasteiger charge is -2.15. The fraction of sp³-hybridized carbons (Fsp3) is 0.250. The maximum absolute atomic E-state index is 13.6. The second-order valence-corrected chi connectivity index (χ2v) is 4.44. The molecule has 0 saturated heterocycles. The summed E-state index contributed by atoms with van der Waals surface area (Å²) in [6, 6.07) is 14.0. The monoisotopic (exact) mass is 260 g/mol. The molecule has 0 aliphatic carbocycles. The van der Waals surface area contributed by atoms with E-state index in [-0.39, 0.29) is 12.2 Å². The molecular formula is C16H17FO2. The minimum Gasteiger partial charge on any atom is -0.388 e. The SMILES string of the molecule is COCc1ccccc1C(O)Cc1ccccc1F. The number of hydrogen-bond donors (Lipinski definition) is 1. The number of benzene rings is 2. The third-order valence-corrected chi connectivity index (χ3v) is 3.09. The molecule has 3 heteroatoms. The van der Waals surface area contributed by atoms with Gasteiger partial charge in [-0.25, -0.2) is 4.39 Å². The number of aliphatic hydroxyl groups excluding tert-OH is 1. The molecule has 0 amide bonds. The lowest BCUT2D eigenvalue weighted by atomic mass is 9.97. The molecule has 2 nitrogen and oxygen atoms in total. The van der Waals surface area contributed by atoms with Crippen LogP contribution in [0.25, 0.3) is 0 Å². The summed E-state index contributed by atoms with van der Waals surface area (Å²) in [5.74, 6) is -0.286. The van der Waals surface area contributed by atoms with Gasteiger partial charge in [-0.05, 0) is 22.8 Å². The fourth-order valence-electron chi connectivity index (χ4n) is 2.13. The molecule has 1 N–H and O–H groups in total. The van der Waals surface area contributed by atoms with Crippen LogP contribution in [-0.2, 0) is 17.8 Å². The van der Waals surface area contributed by atoms with Crippen LogP contribution in [0.15, 0.2) is 48.5 Å². The van der Waals surface area contributed by atoms with Crippen molar-refractivity contribution in [3.8, 4) is 0 Å². The smallest absolute Gasteiger partial charge is 0.126 e. The van der Waals surface area contributed by atoms with Gasteiger partial charge in [0.25, 0.3) is 0 Å². The minimum absolute atomic E-state index is 0.257. The normalized spacial score (nSPS) is 12.4. The summed E-state index contributed by atoms with van der Waals surface area (Å²) in [6.07, 6.45) is -0.476. The van der Waals surface area contributed by atoms with Gasteiger partial charge in [0.15, 0.2) is 0 Å². The number of halogens is 1. The van der Waals surface area contributed by atoms with E-state index in [2.05, 4.69) is 0 Å². The van der Waals surface area contributed by atoms with E-state index in [0.717, 1.165) is 11.1 Å². The van der Waals surface area contributed by atoms with E-state index in [4.69, 9.17) is 4.74 Å². The third kappa shape index (κ3) is 3.40.